The summed E-state index contributed by atoms with van der Waals surface area (Å²) in [6, 6.07) is 6.80. The minimum Gasteiger partial charge on any atom is -0.486 e. The highest BCUT2D eigenvalue weighted by atomic mass is 32.2. The summed E-state index contributed by atoms with van der Waals surface area (Å²) < 4.78 is 13.5. The lowest BCUT2D eigenvalue weighted by atomic mass is 9.89. The number of imide groups is 1. The monoisotopic (exact) mass is 471 g/mol. The number of urea groups is 1. The van der Waals surface area contributed by atoms with E-state index < -0.39 is 11.9 Å². The number of benzene rings is 1. The summed E-state index contributed by atoms with van der Waals surface area (Å²) in [6.07, 6.45) is 7.38. The number of carbonyl (C=O) groups excluding carboxylic acids is 2. The van der Waals surface area contributed by atoms with Gasteiger partial charge in [-0.25, -0.2) is 4.79 Å². The Morgan fingerprint density at radius 2 is 1.97 bits per heavy atom. The number of fused-ring (bicyclic) bond motifs is 1. The van der Waals surface area contributed by atoms with E-state index in [-0.39, 0.29) is 18.4 Å². The first-order chi connectivity index (χ1) is 16.1. The molecule has 0 radical (unpaired) electrons. The molecule has 2 N–H and O–H groups in total. The van der Waals surface area contributed by atoms with Crippen molar-refractivity contribution in [1.29, 1.82) is 0 Å². The molecule has 1 saturated carbocycles. The van der Waals surface area contributed by atoms with Gasteiger partial charge in [-0.2, -0.15) is 0 Å². The number of hydrogen-bond acceptors (Lipinski definition) is 7. The largest absolute Gasteiger partial charge is 0.486 e. The van der Waals surface area contributed by atoms with Crippen LogP contribution in [0.4, 0.5) is 4.79 Å². The van der Waals surface area contributed by atoms with E-state index in [4.69, 9.17) is 9.47 Å². The fraction of sp³-hybridized carbons (Fsp3) is 0.478. The number of nitrogens with one attached hydrogen (secondary N) is 2. The SMILES string of the molecule is C=CCn1c(SCC(=O)NC(=O)NCC2COc3ccccc3O2)nnc1C1CCCCC1. The number of para-hydroxylation sites is 2. The number of rotatable bonds is 8. The van der Waals surface area contributed by atoms with Crippen LogP contribution in [0.5, 0.6) is 11.5 Å². The third kappa shape index (κ3) is 6.07. The third-order valence-electron chi connectivity index (χ3n) is 5.67. The average molecular weight is 472 g/mol. The van der Waals surface area contributed by atoms with Crippen LogP contribution in [0.2, 0.25) is 0 Å². The van der Waals surface area contributed by atoms with Crippen LogP contribution in [0, 0.1) is 0 Å². The molecule has 10 heteroatoms. The minimum absolute atomic E-state index is 0.0593. The molecule has 1 aliphatic heterocycles. The zero-order chi connectivity index (χ0) is 23.0. The molecule has 0 spiro atoms. The van der Waals surface area contributed by atoms with Crippen molar-refractivity contribution in [3.63, 3.8) is 0 Å². The number of hydrogen-bond donors (Lipinski definition) is 2. The van der Waals surface area contributed by atoms with Crippen LogP contribution >= 0.6 is 11.8 Å². The van der Waals surface area contributed by atoms with E-state index in [1.54, 1.807) is 0 Å². The fourth-order valence-electron chi connectivity index (χ4n) is 4.08. The van der Waals surface area contributed by atoms with Crippen molar-refractivity contribution in [1.82, 2.24) is 25.4 Å². The molecule has 2 heterocycles. The van der Waals surface area contributed by atoms with Crippen molar-refractivity contribution in [3.05, 3.63) is 42.7 Å². The van der Waals surface area contributed by atoms with Gasteiger partial charge in [0, 0.05) is 12.5 Å². The summed E-state index contributed by atoms with van der Waals surface area (Å²) in [5.41, 5.74) is 0. The van der Waals surface area contributed by atoms with Crippen LogP contribution in [0.15, 0.2) is 42.1 Å². The van der Waals surface area contributed by atoms with E-state index in [1.165, 1.54) is 31.0 Å². The Morgan fingerprint density at radius 3 is 2.76 bits per heavy atom. The second-order valence-corrected chi connectivity index (χ2v) is 9.06. The van der Waals surface area contributed by atoms with Gasteiger partial charge in [-0.3, -0.25) is 10.1 Å². The maximum atomic E-state index is 12.3. The lowest BCUT2D eigenvalue weighted by Gasteiger charge is -2.26. The number of nitrogens with zero attached hydrogens (tertiary/aromatic N) is 3. The molecule has 2 aliphatic rings. The Balaban J connectivity index is 1.23. The molecule has 1 aliphatic carbocycles. The van der Waals surface area contributed by atoms with Gasteiger partial charge in [0.15, 0.2) is 22.8 Å². The Bertz CT molecular complexity index is 989. The van der Waals surface area contributed by atoms with Crippen LogP contribution in [-0.4, -0.2) is 51.7 Å². The topological polar surface area (TPSA) is 107 Å². The highest BCUT2D eigenvalue weighted by Crippen LogP contribution is 2.33. The molecular formula is C23H29N5O4S. The van der Waals surface area contributed by atoms with Crippen LogP contribution in [0.1, 0.15) is 43.8 Å². The van der Waals surface area contributed by atoms with Crippen LogP contribution in [-0.2, 0) is 11.3 Å². The van der Waals surface area contributed by atoms with Crippen molar-refractivity contribution < 1.29 is 19.1 Å². The molecule has 4 rings (SSSR count). The summed E-state index contributed by atoms with van der Waals surface area (Å²) in [4.78, 5) is 24.4. The average Bonchev–Trinajstić information content (AvgIpc) is 3.24. The van der Waals surface area contributed by atoms with Crippen LogP contribution in [0.3, 0.4) is 0 Å². The van der Waals surface area contributed by atoms with Gasteiger partial charge in [-0.05, 0) is 25.0 Å². The zero-order valence-corrected chi connectivity index (χ0v) is 19.3. The van der Waals surface area contributed by atoms with Gasteiger partial charge in [-0.1, -0.05) is 49.2 Å². The lowest BCUT2D eigenvalue weighted by molar-refractivity contribution is -0.117. The van der Waals surface area contributed by atoms with E-state index in [2.05, 4.69) is 27.4 Å². The van der Waals surface area contributed by atoms with E-state index in [0.29, 0.717) is 35.7 Å². The molecule has 9 nitrogen and oxygen atoms in total. The van der Waals surface area contributed by atoms with Gasteiger partial charge in [0.2, 0.25) is 5.91 Å². The zero-order valence-electron chi connectivity index (χ0n) is 18.5. The molecule has 1 aromatic heterocycles. The molecule has 1 aromatic carbocycles. The van der Waals surface area contributed by atoms with Gasteiger partial charge in [0.05, 0.1) is 12.3 Å². The number of carbonyl (C=O) groups is 2. The Labute approximate surface area is 197 Å². The lowest BCUT2D eigenvalue weighted by Crippen LogP contribution is -2.46. The number of allylic oxidation sites excluding steroid dienone is 1. The highest BCUT2D eigenvalue weighted by Gasteiger charge is 2.24. The van der Waals surface area contributed by atoms with Crippen molar-refractivity contribution in [2.75, 3.05) is 18.9 Å². The van der Waals surface area contributed by atoms with Crippen LogP contribution < -0.4 is 20.1 Å². The van der Waals surface area contributed by atoms with Gasteiger partial charge in [0.1, 0.15) is 12.4 Å². The van der Waals surface area contributed by atoms with Gasteiger partial charge < -0.3 is 19.4 Å². The predicted molar refractivity (Wildman–Crippen MR) is 125 cm³/mol. The summed E-state index contributed by atoms with van der Waals surface area (Å²) >= 11 is 1.27. The molecule has 1 fully saturated rings. The van der Waals surface area contributed by atoms with Crippen molar-refractivity contribution in [3.8, 4) is 11.5 Å². The number of aromatic nitrogens is 3. The van der Waals surface area contributed by atoms with E-state index in [9.17, 15) is 9.59 Å². The van der Waals surface area contributed by atoms with Crippen LogP contribution in [0.25, 0.3) is 0 Å². The van der Waals surface area contributed by atoms with E-state index >= 15 is 0 Å². The van der Waals surface area contributed by atoms with E-state index in [1.807, 2.05) is 34.9 Å². The standard InChI is InChI=1S/C23H29N5O4S/c1-2-12-28-21(16-8-4-3-5-9-16)26-27-23(28)33-15-20(29)25-22(30)24-13-17-14-31-18-10-6-7-11-19(18)32-17/h2,6-7,10-11,16-17H,1,3-5,8-9,12-15H2,(H2,24,25,29,30). The highest BCUT2D eigenvalue weighted by molar-refractivity contribution is 7.99. The molecule has 0 bridgehead atoms. The molecule has 176 valence electrons. The molecule has 0 saturated heterocycles. The van der Waals surface area contributed by atoms with Gasteiger partial charge >= 0.3 is 6.03 Å². The number of amides is 3. The first-order valence-electron chi connectivity index (χ1n) is 11.3. The summed E-state index contributed by atoms with van der Waals surface area (Å²) in [5.74, 6) is 2.34. The Hall–Kier alpha value is -3.01. The summed E-state index contributed by atoms with van der Waals surface area (Å²) in [5, 5.41) is 14.4. The molecule has 1 unspecified atom stereocenters. The second kappa shape index (κ2) is 11.2. The summed E-state index contributed by atoms with van der Waals surface area (Å²) in [6.45, 7) is 4.97. The third-order valence-corrected chi connectivity index (χ3v) is 6.64. The van der Waals surface area contributed by atoms with Crippen molar-refractivity contribution in [2.24, 2.45) is 0 Å². The quantitative estimate of drug-likeness (QED) is 0.449. The molecule has 3 amide bonds. The summed E-state index contributed by atoms with van der Waals surface area (Å²) in [7, 11) is 0. The molecule has 2 aromatic rings. The van der Waals surface area contributed by atoms with Crippen molar-refractivity contribution in [2.45, 2.75) is 55.8 Å². The maximum absolute atomic E-state index is 12.3. The van der Waals surface area contributed by atoms with E-state index in [0.717, 1.165) is 18.7 Å². The maximum Gasteiger partial charge on any atom is 0.321 e. The Morgan fingerprint density at radius 1 is 1.18 bits per heavy atom. The van der Waals surface area contributed by atoms with Gasteiger partial charge in [0.25, 0.3) is 0 Å². The smallest absolute Gasteiger partial charge is 0.321 e. The van der Waals surface area contributed by atoms with Crippen molar-refractivity contribution >= 4 is 23.7 Å². The number of thioether (sulfide) groups is 1. The minimum atomic E-state index is -0.571. The molecule has 1 atom stereocenters. The molecule has 33 heavy (non-hydrogen) atoms. The first kappa shape index (κ1) is 23.2. The van der Waals surface area contributed by atoms with Gasteiger partial charge in [-0.15, -0.1) is 16.8 Å². The Kier molecular flexibility index (Phi) is 7.87. The predicted octanol–water partition coefficient (Wildman–Crippen LogP) is 3.27. The number of ether oxygens (including phenoxy) is 2. The molecular weight excluding hydrogens is 442 g/mol. The fourth-order valence-corrected chi connectivity index (χ4v) is 4.83. The normalized spacial score (nSPS) is 17.9. The first-order valence-corrected chi connectivity index (χ1v) is 12.3. The second-order valence-electron chi connectivity index (χ2n) is 8.12.